The Morgan fingerprint density at radius 2 is 2.11 bits per heavy atom. The summed E-state index contributed by atoms with van der Waals surface area (Å²) in [4.78, 5) is 2.38. The number of benzene rings is 1. The zero-order valence-electron chi connectivity index (χ0n) is 10.7. The van der Waals surface area contributed by atoms with Crippen molar-refractivity contribution in [1.29, 1.82) is 0 Å². The summed E-state index contributed by atoms with van der Waals surface area (Å²) in [6, 6.07) is 5.83. The van der Waals surface area contributed by atoms with Crippen LogP contribution in [-0.2, 0) is 6.42 Å². The smallest absolute Gasteiger partial charge is 0.120 e. The van der Waals surface area contributed by atoms with Crippen molar-refractivity contribution in [2.75, 3.05) is 26.7 Å². The van der Waals surface area contributed by atoms with Crippen molar-refractivity contribution in [2.24, 2.45) is 0 Å². The molecule has 1 aliphatic heterocycles. The molecule has 0 saturated carbocycles. The largest absolute Gasteiger partial charge is 0.497 e. The number of likely N-dealkylation sites (tertiary alicyclic amines) is 1. The molecule has 0 amide bonds. The average Bonchev–Trinajstić information content (AvgIpc) is 2.39. The molecule has 0 radical (unpaired) electrons. The van der Waals surface area contributed by atoms with Crippen molar-refractivity contribution < 1.29 is 9.84 Å². The lowest BCUT2D eigenvalue weighted by molar-refractivity contribution is 0.0832. The highest BCUT2D eigenvalue weighted by atomic mass is 35.5. The Morgan fingerprint density at radius 3 is 2.72 bits per heavy atom. The van der Waals surface area contributed by atoms with Gasteiger partial charge in [-0.1, -0.05) is 17.7 Å². The molecule has 0 atom stereocenters. The van der Waals surface area contributed by atoms with Crippen molar-refractivity contribution in [3.05, 3.63) is 28.8 Å². The van der Waals surface area contributed by atoms with Crippen molar-refractivity contribution in [3.63, 3.8) is 0 Å². The highest BCUT2D eigenvalue weighted by molar-refractivity contribution is 6.31. The maximum absolute atomic E-state index is 9.45. The number of ether oxygens (including phenoxy) is 1. The van der Waals surface area contributed by atoms with E-state index in [1.54, 1.807) is 7.11 Å². The molecule has 1 fully saturated rings. The van der Waals surface area contributed by atoms with Gasteiger partial charge < -0.3 is 14.7 Å². The SMILES string of the molecule is COc1ccc(CCN2CCC(O)CC2)c(Cl)c1. The minimum absolute atomic E-state index is 0.106. The van der Waals surface area contributed by atoms with Crippen LogP contribution >= 0.6 is 11.6 Å². The zero-order valence-corrected chi connectivity index (χ0v) is 11.5. The number of halogens is 1. The van der Waals surface area contributed by atoms with E-state index in [1.165, 1.54) is 0 Å². The van der Waals surface area contributed by atoms with E-state index in [0.29, 0.717) is 0 Å². The second-order valence-electron chi connectivity index (χ2n) is 4.78. The van der Waals surface area contributed by atoms with Crippen molar-refractivity contribution in [1.82, 2.24) is 4.90 Å². The fourth-order valence-corrected chi connectivity index (χ4v) is 2.54. The molecule has 0 aliphatic carbocycles. The van der Waals surface area contributed by atoms with Crippen LogP contribution < -0.4 is 4.74 Å². The summed E-state index contributed by atoms with van der Waals surface area (Å²) in [5.41, 5.74) is 1.16. The number of aliphatic hydroxyl groups is 1. The van der Waals surface area contributed by atoms with Crippen LogP contribution in [0.2, 0.25) is 5.02 Å². The van der Waals surface area contributed by atoms with E-state index in [2.05, 4.69) is 4.90 Å². The Morgan fingerprint density at radius 1 is 1.39 bits per heavy atom. The molecule has 2 rings (SSSR count). The van der Waals surface area contributed by atoms with Gasteiger partial charge in [-0.25, -0.2) is 0 Å². The summed E-state index contributed by atoms with van der Waals surface area (Å²) in [7, 11) is 1.64. The first kappa shape index (κ1) is 13.7. The van der Waals surface area contributed by atoms with Gasteiger partial charge in [0.05, 0.1) is 13.2 Å². The number of nitrogens with zero attached hydrogens (tertiary/aromatic N) is 1. The third-order valence-corrected chi connectivity index (χ3v) is 3.87. The molecular formula is C14H20ClNO2. The lowest BCUT2D eigenvalue weighted by Crippen LogP contribution is -2.37. The van der Waals surface area contributed by atoms with Gasteiger partial charge in [0.1, 0.15) is 5.75 Å². The average molecular weight is 270 g/mol. The molecule has 18 heavy (non-hydrogen) atoms. The maximum atomic E-state index is 9.45. The first-order valence-electron chi connectivity index (χ1n) is 6.42. The monoisotopic (exact) mass is 269 g/mol. The van der Waals surface area contributed by atoms with Crippen molar-refractivity contribution in [3.8, 4) is 5.75 Å². The molecular weight excluding hydrogens is 250 g/mol. The molecule has 0 bridgehead atoms. The Kier molecular flexibility index (Phi) is 4.87. The summed E-state index contributed by atoms with van der Waals surface area (Å²) in [5, 5.41) is 10.2. The van der Waals surface area contributed by atoms with Gasteiger partial charge in [-0.05, 0) is 37.0 Å². The molecule has 0 spiro atoms. The molecule has 0 aromatic heterocycles. The Hall–Kier alpha value is -0.770. The third-order valence-electron chi connectivity index (χ3n) is 3.51. The fraction of sp³-hybridized carbons (Fsp3) is 0.571. The number of aliphatic hydroxyl groups excluding tert-OH is 1. The quantitative estimate of drug-likeness (QED) is 0.911. The molecule has 1 heterocycles. The summed E-state index contributed by atoms with van der Waals surface area (Å²) >= 11 is 6.21. The normalized spacial score (nSPS) is 17.9. The summed E-state index contributed by atoms with van der Waals surface area (Å²) in [5.74, 6) is 0.796. The first-order chi connectivity index (χ1) is 8.69. The van der Waals surface area contributed by atoms with Gasteiger partial charge in [0.15, 0.2) is 0 Å². The van der Waals surface area contributed by atoms with Gasteiger partial charge in [-0.15, -0.1) is 0 Å². The molecule has 1 aromatic rings. The lowest BCUT2D eigenvalue weighted by Gasteiger charge is -2.29. The van der Waals surface area contributed by atoms with Crippen LogP contribution in [0.1, 0.15) is 18.4 Å². The van der Waals surface area contributed by atoms with E-state index >= 15 is 0 Å². The summed E-state index contributed by atoms with van der Waals surface area (Å²) in [6.07, 6.45) is 2.61. The Labute approximate surface area is 113 Å². The van der Waals surface area contributed by atoms with E-state index in [4.69, 9.17) is 16.3 Å². The number of hydrogen-bond donors (Lipinski definition) is 1. The zero-order chi connectivity index (χ0) is 13.0. The van der Waals surface area contributed by atoms with Crippen LogP contribution in [0.5, 0.6) is 5.75 Å². The number of methoxy groups -OCH3 is 1. The summed E-state index contributed by atoms with van der Waals surface area (Å²) in [6.45, 7) is 2.96. The van der Waals surface area contributed by atoms with Crippen LogP contribution in [0.15, 0.2) is 18.2 Å². The highest BCUT2D eigenvalue weighted by Crippen LogP contribution is 2.23. The van der Waals surface area contributed by atoms with Crippen LogP contribution in [0, 0.1) is 0 Å². The van der Waals surface area contributed by atoms with E-state index in [1.807, 2.05) is 18.2 Å². The van der Waals surface area contributed by atoms with Gasteiger partial charge >= 0.3 is 0 Å². The molecule has 4 heteroatoms. The van der Waals surface area contributed by atoms with E-state index < -0.39 is 0 Å². The molecule has 3 nitrogen and oxygen atoms in total. The van der Waals surface area contributed by atoms with Gasteiger partial charge in [-0.3, -0.25) is 0 Å². The minimum atomic E-state index is -0.106. The van der Waals surface area contributed by atoms with E-state index in [-0.39, 0.29) is 6.10 Å². The predicted octanol–water partition coefficient (Wildman–Crippen LogP) is 2.35. The number of piperidine rings is 1. The second kappa shape index (κ2) is 6.41. The minimum Gasteiger partial charge on any atom is -0.497 e. The first-order valence-corrected chi connectivity index (χ1v) is 6.79. The van der Waals surface area contributed by atoms with Gasteiger partial charge in [-0.2, -0.15) is 0 Å². The van der Waals surface area contributed by atoms with Crippen molar-refractivity contribution in [2.45, 2.75) is 25.4 Å². The maximum Gasteiger partial charge on any atom is 0.120 e. The summed E-state index contributed by atoms with van der Waals surface area (Å²) < 4.78 is 5.13. The predicted molar refractivity (Wildman–Crippen MR) is 73.4 cm³/mol. The van der Waals surface area contributed by atoms with Crippen LogP contribution in [-0.4, -0.2) is 42.9 Å². The highest BCUT2D eigenvalue weighted by Gasteiger charge is 2.16. The van der Waals surface area contributed by atoms with E-state index in [0.717, 1.165) is 55.2 Å². The molecule has 100 valence electrons. The van der Waals surface area contributed by atoms with Gasteiger partial charge in [0.2, 0.25) is 0 Å². The third kappa shape index (κ3) is 3.61. The standard InChI is InChI=1S/C14H20ClNO2/c1-18-13-3-2-11(14(15)10-13)4-7-16-8-5-12(17)6-9-16/h2-3,10,12,17H,4-9H2,1H3. The number of rotatable bonds is 4. The van der Waals surface area contributed by atoms with E-state index in [9.17, 15) is 5.11 Å². The van der Waals surface area contributed by atoms with Crippen LogP contribution in [0.4, 0.5) is 0 Å². The molecule has 1 N–H and O–H groups in total. The molecule has 0 unspecified atom stereocenters. The Bertz CT molecular complexity index is 389. The van der Waals surface area contributed by atoms with Crippen LogP contribution in [0.25, 0.3) is 0 Å². The number of hydrogen-bond acceptors (Lipinski definition) is 3. The Balaban J connectivity index is 1.86. The molecule has 1 aliphatic rings. The van der Waals surface area contributed by atoms with Crippen LogP contribution in [0.3, 0.4) is 0 Å². The second-order valence-corrected chi connectivity index (χ2v) is 5.19. The van der Waals surface area contributed by atoms with Gasteiger partial charge in [0.25, 0.3) is 0 Å². The topological polar surface area (TPSA) is 32.7 Å². The van der Waals surface area contributed by atoms with Gasteiger partial charge in [0, 0.05) is 24.7 Å². The lowest BCUT2D eigenvalue weighted by atomic mass is 10.1. The van der Waals surface area contributed by atoms with Crippen molar-refractivity contribution >= 4 is 11.6 Å². The fourth-order valence-electron chi connectivity index (χ4n) is 2.28. The molecule has 1 aromatic carbocycles. The molecule has 1 saturated heterocycles.